The van der Waals surface area contributed by atoms with Gasteiger partial charge in [0.05, 0.1) is 5.76 Å². The molecule has 251 valence electrons. The second-order valence-electron chi connectivity index (χ2n) is 12.4. The summed E-state index contributed by atoms with van der Waals surface area (Å²) >= 11 is 0. The first-order chi connectivity index (χ1) is 23.5. The van der Waals surface area contributed by atoms with Gasteiger partial charge in [0, 0.05) is 55.6 Å². The van der Waals surface area contributed by atoms with Crippen molar-refractivity contribution in [1.82, 2.24) is 4.98 Å². The van der Waals surface area contributed by atoms with Crippen LogP contribution in [-0.4, -0.2) is 15.9 Å². The van der Waals surface area contributed by atoms with Crippen molar-refractivity contribution in [3.63, 3.8) is 0 Å². The Morgan fingerprint density at radius 2 is 1.41 bits per heavy atom. The van der Waals surface area contributed by atoms with Crippen molar-refractivity contribution < 1.29 is 30.0 Å². The van der Waals surface area contributed by atoms with E-state index in [0.717, 1.165) is 54.0 Å². The molecule has 2 heterocycles. The molecule has 4 nitrogen and oxygen atoms in total. The quantitative estimate of drug-likeness (QED) is 0.0895. The number of anilines is 3. The van der Waals surface area contributed by atoms with Crippen molar-refractivity contribution >= 4 is 44.4 Å². The van der Waals surface area contributed by atoms with Gasteiger partial charge in [-0.15, -0.1) is 17.7 Å². The van der Waals surface area contributed by atoms with Crippen LogP contribution in [0.2, 0.25) is 0 Å². The van der Waals surface area contributed by atoms with Gasteiger partial charge in [-0.25, -0.2) is 0 Å². The van der Waals surface area contributed by atoms with Gasteiger partial charge in [0.25, 0.3) is 0 Å². The van der Waals surface area contributed by atoms with Crippen LogP contribution in [0.25, 0.3) is 43.9 Å². The van der Waals surface area contributed by atoms with Crippen LogP contribution in [0, 0.1) is 17.9 Å². The third kappa shape index (κ3) is 7.25. The fourth-order valence-electron chi connectivity index (χ4n) is 6.81. The van der Waals surface area contributed by atoms with E-state index in [1.807, 2.05) is 33.9 Å². The van der Waals surface area contributed by atoms with Gasteiger partial charge in [0.15, 0.2) is 5.78 Å². The Morgan fingerprint density at radius 1 is 0.776 bits per heavy atom. The van der Waals surface area contributed by atoms with Crippen LogP contribution in [0.15, 0.2) is 127 Å². The molecule has 1 aliphatic heterocycles. The zero-order valence-corrected chi connectivity index (χ0v) is 31.0. The first kappa shape index (κ1) is 35.7. The second kappa shape index (κ2) is 16.2. The molecule has 0 unspecified atom stereocenters. The van der Waals surface area contributed by atoms with Crippen molar-refractivity contribution in [2.75, 3.05) is 4.90 Å². The Hall–Kier alpha value is -4.57. The first-order valence-corrected chi connectivity index (χ1v) is 17.2. The van der Waals surface area contributed by atoms with E-state index in [9.17, 15) is 9.90 Å². The number of benzene rings is 5. The summed E-state index contributed by atoms with van der Waals surface area (Å²) in [6.07, 6.45) is 6.82. The van der Waals surface area contributed by atoms with E-state index in [1.54, 1.807) is 0 Å². The molecule has 0 aliphatic carbocycles. The molecule has 5 heteroatoms. The maximum Gasteiger partial charge on any atom is 0.162 e. The predicted molar refractivity (Wildman–Crippen MR) is 201 cm³/mol. The number of carbonyl (C=O) groups excluding carboxylic acids is 1. The summed E-state index contributed by atoms with van der Waals surface area (Å²) in [5.74, 6) is 0.547. The van der Waals surface area contributed by atoms with E-state index in [-0.39, 0.29) is 43.5 Å². The number of hydrogen-bond acceptors (Lipinski definition) is 4. The Morgan fingerprint density at radius 3 is 2.08 bits per heavy atom. The van der Waals surface area contributed by atoms with Crippen LogP contribution in [0.3, 0.4) is 0 Å². The summed E-state index contributed by atoms with van der Waals surface area (Å²) in [7, 11) is 0. The summed E-state index contributed by atoms with van der Waals surface area (Å²) in [6.45, 7) is 8.07. The first-order valence-electron chi connectivity index (χ1n) is 17.2. The van der Waals surface area contributed by atoms with Crippen LogP contribution < -0.4 is 4.90 Å². The summed E-state index contributed by atoms with van der Waals surface area (Å²) in [4.78, 5) is 19.0. The molecule has 0 saturated carbocycles. The van der Waals surface area contributed by atoms with Gasteiger partial charge >= 0.3 is 0 Å². The number of ketones is 1. The summed E-state index contributed by atoms with van der Waals surface area (Å²) < 4.78 is 0. The monoisotopic (exact) mass is 824 g/mol. The summed E-state index contributed by atoms with van der Waals surface area (Å²) in [6, 6.07) is 42.1. The van der Waals surface area contributed by atoms with Crippen LogP contribution in [0.5, 0.6) is 0 Å². The maximum absolute atomic E-state index is 11.7. The molecule has 0 fully saturated rings. The number of pyridine rings is 1. The normalized spacial score (nSPS) is 12.0. The average Bonchev–Trinajstić information content (AvgIpc) is 3.13. The van der Waals surface area contributed by atoms with Gasteiger partial charge in [0.2, 0.25) is 0 Å². The molecule has 1 radical (unpaired) electrons. The van der Waals surface area contributed by atoms with Gasteiger partial charge in [-0.2, -0.15) is 0 Å². The molecular weight excluding hydrogens is 781 g/mol. The molecule has 1 aromatic heterocycles. The molecule has 0 atom stereocenters. The SMILES string of the molecule is CCC(CC)C(=O)/C=C(\O)C(CC)CC.[Ir].[c-]1cc2ccccc2c2c1-c1nccc3cc(-c4ccccc4)cc(c13)N2c1ccccc1. The van der Waals surface area contributed by atoms with Crippen LogP contribution in [0.4, 0.5) is 17.1 Å². The molecule has 0 saturated heterocycles. The molecule has 7 rings (SSSR count). The average molecular weight is 824 g/mol. The topological polar surface area (TPSA) is 53.4 Å². The zero-order chi connectivity index (χ0) is 33.6. The van der Waals surface area contributed by atoms with Gasteiger partial charge in [-0.05, 0) is 89.3 Å². The number of fused-ring (bicyclic) bond motifs is 4. The fourth-order valence-corrected chi connectivity index (χ4v) is 6.81. The van der Waals surface area contributed by atoms with E-state index in [2.05, 4.69) is 120 Å². The third-order valence-electron chi connectivity index (χ3n) is 9.57. The minimum absolute atomic E-state index is 0. The Bertz CT molecular complexity index is 2070. The number of carbonyl (C=O) groups is 1. The van der Waals surface area contributed by atoms with Crippen molar-refractivity contribution in [1.29, 1.82) is 0 Å². The number of allylic oxidation sites excluding steroid dienone is 2. The maximum atomic E-state index is 11.7. The van der Waals surface area contributed by atoms with Gasteiger partial charge < -0.3 is 15.0 Å². The number of nitrogens with zero attached hydrogens (tertiary/aromatic N) is 2. The number of aliphatic hydroxyl groups excluding tert-OH is 1. The zero-order valence-electron chi connectivity index (χ0n) is 28.6. The van der Waals surface area contributed by atoms with E-state index >= 15 is 0 Å². The fraction of sp³-hybridized carbons (Fsp3) is 0.227. The number of rotatable bonds is 9. The van der Waals surface area contributed by atoms with Crippen molar-refractivity contribution in [3.05, 3.63) is 133 Å². The van der Waals surface area contributed by atoms with Gasteiger partial charge in [-0.3, -0.25) is 4.79 Å². The van der Waals surface area contributed by atoms with E-state index in [4.69, 9.17) is 4.98 Å². The molecular formula is C44H43IrN2O2-. The van der Waals surface area contributed by atoms with Crippen molar-refractivity contribution in [2.24, 2.45) is 11.8 Å². The molecule has 0 amide bonds. The third-order valence-corrected chi connectivity index (χ3v) is 9.57. The Balaban J connectivity index is 0.000000252. The molecule has 6 aromatic rings. The molecule has 1 aliphatic rings. The van der Waals surface area contributed by atoms with Gasteiger partial charge in [0.1, 0.15) is 0 Å². The molecule has 5 aromatic carbocycles. The van der Waals surface area contributed by atoms with Gasteiger partial charge in [-0.1, -0.05) is 111 Å². The Kier molecular flexibility index (Phi) is 11.8. The minimum atomic E-state index is 0. The minimum Gasteiger partial charge on any atom is -0.512 e. The van der Waals surface area contributed by atoms with Crippen molar-refractivity contribution in [2.45, 2.75) is 53.4 Å². The molecule has 49 heavy (non-hydrogen) atoms. The Labute approximate surface area is 303 Å². The summed E-state index contributed by atoms with van der Waals surface area (Å²) in [5, 5.41) is 14.5. The van der Waals surface area contributed by atoms with Crippen LogP contribution in [-0.2, 0) is 24.9 Å². The smallest absolute Gasteiger partial charge is 0.162 e. The standard InChI is InChI=1S/C31H19N2.C13H24O2.Ir/c1-3-9-21(10-4-1)24-19-23-17-18-32-30-27-16-15-22-11-7-8-14-26(22)31(27)33(28(20-24)29(23)30)25-12-5-2-6-13-25;1-5-10(6-2)12(14)9-13(15)11(7-3)8-4;/h1-15,17-20H;9-11,14H,5-8H2,1-4H3;/q-1;;/b;12-9-;. The number of aromatic nitrogens is 1. The van der Waals surface area contributed by atoms with Crippen LogP contribution in [0.1, 0.15) is 53.4 Å². The van der Waals surface area contributed by atoms with E-state index in [1.165, 1.54) is 38.7 Å². The van der Waals surface area contributed by atoms with E-state index in [0.29, 0.717) is 0 Å². The number of hydrogen-bond donors (Lipinski definition) is 1. The molecule has 0 bridgehead atoms. The van der Waals surface area contributed by atoms with E-state index < -0.39 is 0 Å². The summed E-state index contributed by atoms with van der Waals surface area (Å²) in [5.41, 5.74) is 7.86. The molecule has 0 spiro atoms. The number of aliphatic hydroxyl groups is 1. The van der Waals surface area contributed by atoms with Crippen molar-refractivity contribution in [3.8, 4) is 22.4 Å². The second-order valence-corrected chi connectivity index (χ2v) is 12.4. The number of para-hydroxylation sites is 1. The molecule has 1 N–H and O–H groups in total. The largest absolute Gasteiger partial charge is 0.512 e. The van der Waals surface area contributed by atoms with Crippen LogP contribution >= 0.6 is 0 Å². The predicted octanol–water partition coefficient (Wildman–Crippen LogP) is 12.2.